The second kappa shape index (κ2) is 9.74. The Morgan fingerprint density at radius 1 is 1.04 bits per heavy atom. The van der Waals surface area contributed by atoms with Gasteiger partial charge in [0, 0.05) is 45.3 Å². The van der Waals surface area contributed by atoms with Gasteiger partial charge in [-0.1, -0.05) is 18.2 Å². The van der Waals surface area contributed by atoms with E-state index in [1.165, 1.54) is 23.9 Å². The fraction of sp³-hybridized carbons (Fsp3) is 0.368. The Bertz CT molecular complexity index is 765. The monoisotopic (exact) mass is 360 g/mol. The van der Waals surface area contributed by atoms with Crippen LogP contribution in [0.5, 0.6) is 5.75 Å². The largest absolute Gasteiger partial charge is 0.496 e. The molecule has 0 radical (unpaired) electrons. The number of methoxy groups -OCH3 is 3. The van der Waals surface area contributed by atoms with E-state index >= 15 is 0 Å². The minimum Gasteiger partial charge on any atom is -0.496 e. The number of ether oxygens (including phenoxy) is 3. The molecule has 2 rings (SSSR count). The van der Waals surface area contributed by atoms with Crippen LogP contribution in [0, 0.1) is 0 Å². The number of para-hydroxylation sites is 1. The van der Waals surface area contributed by atoms with Crippen LogP contribution in [0.25, 0.3) is 5.69 Å². The number of pyridine rings is 1. The average molecular weight is 360 g/mol. The van der Waals surface area contributed by atoms with Crippen molar-refractivity contribution in [3.8, 4) is 11.4 Å². The summed E-state index contributed by atoms with van der Waals surface area (Å²) in [5.41, 5.74) is 0.711. The molecule has 0 spiro atoms. The highest BCUT2D eigenvalue weighted by atomic mass is 16.5. The zero-order valence-electron chi connectivity index (χ0n) is 15.3. The minimum atomic E-state index is -0.273. The molecule has 1 aromatic carbocycles. The number of carbonyl (C=O) groups excluding carboxylic acids is 1. The number of amides is 1. The van der Waals surface area contributed by atoms with Crippen molar-refractivity contribution in [2.75, 3.05) is 47.6 Å². The minimum absolute atomic E-state index is 0.243. The quantitative estimate of drug-likeness (QED) is 0.679. The summed E-state index contributed by atoms with van der Waals surface area (Å²) < 4.78 is 16.9. The Labute approximate surface area is 152 Å². The summed E-state index contributed by atoms with van der Waals surface area (Å²) in [5.74, 6) is -0.00681. The van der Waals surface area contributed by atoms with E-state index in [0.717, 1.165) is 0 Å². The summed E-state index contributed by atoms with van der Waals surface area (Å²) in [4.78, 5) is 27.1. The summed E-state index contributed by atoms with van der Waals surface area (Å²) >= 11 is 0. The third-order valence-electron chi connectivity index (χ3n) is 3.92. The predicted molar refractivity (Wildman–Crippen MR) is 98.2 cm³/mol. The molecule has 1 heterocycles. The molecule has 0 atom stereocenters. The van der Waals surface area contributed by atoms with Crippen LogP contribution in [-0.4, -0.2) is 63.0 Å². The maximum absolute atomic E-state index is 13.1. The topological polar surface area (TPSA) is 70.0 Å². The highest BCUT2D eigenvalue weighted by Gasteiger charge is 2.21. The van der Waals surface area contributed by atoms with Crippen LogP contribution < -0.4 is 10.3 Å². The van der Waals surface area contributed by atoms with Gasteiger partial charge in [0.25, 0.3) is 11.5 Å². The van der Waals surface area contributed by atoms with Gasteiger partial charge < -0.3 is 19.1 Å². The van der Waals surface area contributed by atoms with E-state index in [-0.39, 0.29) is 17.2 Å². The van der Waals surface area contributed by atoms with Crippen LogP contribution in [0.3, 0.4) is 0 Å². The average Bonchev–Trinajstić information content (AvgIpc) is 2.68. The van der Waals surface area contributed by atoms with Gasteiger partial charge in [-0.25, -0.2) is 0 Å². The maximum atomic E-state index is 13.1. The Morgan fingerprint density at radius 2 is 1.65 bits per heavy atom. The number of rotatable bonds is 9. The SMILES string of the molecule is COCCN(CCOC)C(=O)c1cn(-c2ccccc2)c(=O)cc1OC. The molecule has 7 heteroatoms. The van der Waals surface area contributed by atoms with Crippen molar-refractivity contribution >= 4 is 5.91 Å². The van der Waals surface area contributed by atoms with Gasteiger partial charge in [-0.3, -0.25) is 14.2 Å². The molecule has 0 saturated carbocycles. The molecule has 2 aromatic rings. The van der Waals surface area contributed by atoms with Crippen molar-refractivity contribution in [1.82, 2.24) is 9.47 Å². The summed E-state index contributed by atoms with van der Waals surface area (Å²) in [5, 5.41) is 0. The first-order chi connectivity index (χ1) is 12.6. The third kappa shape index (κ3) is 4.71. The van der Waals surface area contributed by atoms with Crippen LogP contribution in [0.2, 0.25) is 0 Å². The van der Waals surface area contributed by atoms with Crippen molar-refractivity contribution < 1.29 is 19.0 Å². The van der Waals surface area contributed by atoms with Crippen LogP contribution in [0.1, 0.15) is 10.4 Å². The first kappa shape index (κ1) is 19.7. The van der Waals surface area contributed by atoms with Crippen molar-refractivity contribution in [3.63, 3.8) is 0 Å². The molecule has 26 heavy (non-hydrogen) atoms. The maximum Gasteiger partial charge on any atom is 0.259 e. The van der Waals surface area contributed by atoms with Gasteiger partial charge in [0.05, 0.1) is 25.9 Å². The number of nitrogens with zero attached hydrogens (tertiary/aromatic N) is 2. The highest BCUT2D eigenvalue weighted by molar-refractivity contribution is 5.96. The molecule has 0 aliphatic rings. The summed E-state index contributed by atoms with van der Waals surface area (Å²) in [6, 6.07) is 10.5. The van der Waals surface area contributed by atoms with E-state index in [1.807, 2.05) is 18.2 Å². The van der Waals surface area contributed by atoms with Gasteiger partial charge in [-0.15, -0.1) is 0 Å². The lowest BCUT2D eigenvalue weighted by molar-refractivity contribution is 0.0623. The van der Waals surface area contributed by atoms with Crippen molar-refractivity contribution in [2.45, 2.75) is 0 Å². The van der Waals surface area contributed by atoms with Crippen molar-refractivity contribution in [3.05, 3.63) is 58.5 Å². The summed E-state index contributed by atoms with van der Waals surface area (Å²) in [7, 11) is 4.59. The Morgan fingerprint density at radius 3 is 2.19 bits per heavy atom. The number of carbonyl (C=O) groups is 1. The van der Waals surface area contributed by atoms with Crippen LogP contribution in [0.4, 0.5) is 0 Å². The standard InChI is InChI=1S/C19H24N2O5/c1-24-11-9-20(10-12-25-2)19(23)16-14-21(15-7-5-4-6-8-15)18(22)13-17(16)26-3/h4-8,13-14H,9-12H2,1-3H3. The lowest BCUT2D eigenvalue weighted by atomic mass is 10.2. The number of aromatic nitrogens is 1. The zero-order chi connectivity index (χ0) is 18.9. The normalized spacial score (nSPS) is 10.6. The molecular weight excluding hydrogens is 336 g/mol. The Balaban J connectivity index is 2.44. The van der Waals surface area contributed by atoms with Gasteiger partial charge in [0.15, 0.2) is 0 Å². The first-order valence-corrected chi connectivity index (χ1v) is 8.25. The molecule has 0 fully saturated rings. The lowest BCUT2D eigenvalue weighted by Gasteiger charge is -2.23. The molecule has 0 aliphatic carbocycles. The molecule has 0 N–H and O–H groups in total. The molecular formula is C19H24N2O5. The summed E-state index contributed by atoms with van der Waals surface area (Å²) in [6.45, 7) is 1.62. The molecule has 7 nitrogen and oxygen atoms in total. The molecule has 0 bridgehead atoms. The smallest absolute Gasteiger partial charge is 0.259 e. The number of benzene rings is 1. The van der Waals surface area contributed by atoms with Crippen LogP contribution in [0.15, 0.2) is 47.4 Å². The van der Waals surface area contributed by atoms with Crippen molar-refractivity contribution in [2.24, 2.45) is 0 Å². The Kier molecular flexibility index (Phi) is 7.37. The highest BCUT2D eigenvalue weighted by Crippen LogP contribution is 2.19. The van der Waals surface area contributed by atoms with Gasteiger partial charge in [-0.05, 0) is 12.1 Å². The predicted octanol–water partition coefficient (Wildman–Crippen LogP) is 1.58. The van der Waals surface area contributed by atoms with E-state index in [0.29, 0.717) is 37.6 Å². The van der Waals surface area contributed by atoms with Gasteiger partial charge >= 0.3 is 0 Å². The van der Waals surface area contributed by atoms with Gasteiger partial charge in [-0.2, -0.15) is 0 Å². The first-order valence-electron chi connectivity index (χ1n) is 8.25. The molecule has 0 saturated heterocycles. The molecule has 0 aliphatic heterocycles. The molecule has 1 aromatic heterocycles. The van der Waals surface area contributed by atoms with Crippen LogP contribution in [-0.2, 0) is 9.47 Å². The van der Waals surface area contributed by atoms with Gasteiger partial charge in [0.1, 0.15) is 5.75 Å². The molecule has 140 valence electrons. The van der Waals surface area contributed by atoms with E-state index < -0.39 is 0 Å². The number of hydrogen-bond donors (Lipinski definition) is 0. The van der Waals surface area contributed by atoms with E-state index in [1.54, 1.807) is 31.3 Å². The van der Waals surface area contributed by atoms with Crippen molar-refractivity contribution in [1.29, 1.82) is 0 Å². The second-order valence-electron chi connectivity index (χ2n) is 5.58. The fourth-order valence-corrected chi connectivity index (χ4v) is 2.52. The molecule has 1 amide bonds. The van der Waals surface area contributed by atoms with E-state index in [2.05, 4.69) is 0 Å². The molecule has 0 unspecified atom stereocenters. The van der Waals surface area contributed by atoms with E-state index in [4.69, 9.17) is 14.2 Å². The summed E-state index contributed by atoms with van der Waals surface area (Å²) in [6.07, 6.45) is 1.52. The lowest BCUT2D eigenvalue weighted by Crippen LogP contribution is -2.37. The number of hydrogen-bond acceptors (Lipinski definition) is 5. The Hall–Kier alpha value is -2.64. The van der Waals surface area contributed by atoms with Crippen LogP contribution >= 0.6 is 0 Å². The third-order valence-corrected chi connectivity index (χ3v) is 3.92. The zero-order valence-corrected chi connectivity index (χ0v) is 15.3. The fourth-order valence-electron chi connectivity index (χ4n) is 2.52. The second-order valence-corrected chi connectivity index (χ2v) is 5.58. The van der Waals surface area contributed by atoms with Gasteiger partial charge in [0.2, 0.25) is 0 Å². The van der Waals surface area contributed by atoms with E-state index in [9.17, 15) is 9.59 Å².